The summed E-state index contributed by atoms with van der Waals surface area (Å²) in [7, 11) is 4.27. The number of ether oxygens (including phenoxy) is 9. The summed E-state index contributed by atoms with van der Waals surface area (Å²) in [5.41, 5.74) is 0. The first-order valence-corrected chi connectivity index (χ1v) is 10.7. The Kier molecular flexibility index (Phi) is 10.6. The van der Waals surface area contributed by atoms with Gasteiger partial charge in [-0.3, -0.25) is 14.4 Å². The standard InChI is InChI=1S/C21H34O13/c1-9-14(30-10(2)23)17(31-11(3)24)19(32-12(4)25)21(29-9)34-15-13(8-22)33-20(28-7)18(27-6)16(15)26-5/h9,13-22H,8H2,1-7H3/t9?,13?,14-,15?,16-,17?,18?,19?,20?,21-/m0/s1. The highest BCUT2D eigenvalue weighted by atomic mass is 16.8. The average molecular weight is 494 g/mol. The van der Waals surface area contributed by atoms with Crippen molar-refractivity contribution in [2.24, 2.45) is 0 Å². The van der Waals surface area contributed by atoms with Gasteiger partial charge in [0.1, 0.15) is 24.4 Å². The maximum Gasteiger partial charge on any atom is 0.303 e. The van der Waals surface area contributed by atoms with E-state index in [1.807, 2.05) is 0 Å². The Labute approximate surface area is 197 Å². The second-order valence-electron chi connectivity index (χ2n) is 7.89. The van der Waals surface area contributed by atoms with E-state index in [-0.39, 0.29) is 0 Å². The zero-order valence-electron chi connectivity index (χ0n) is 20.3. The zero-order chi connectivity index (χ0) is 25.6. The summed E-state index contributed by atoms with van der Waals surface area (Å²) >= 11 is 0. The van der Waals surface area contributed by atoms with Crippen molar-refractivity contribution in [3.8, 4) is 0 Å². The summed E-state index contributed by atoms with van der Waals surface area (Å²) in [4.78, 5) is 35.4. The Hall–Kier alpha value is -1.87. The van der Waals surface area contributed by atoms with Crippen molar-refractivity contribution < 1.29 is 62.1 Å². The number of rotatable bonds is 9. The predicted octanol–water partition coefficient (Wildman–Crippen LogP) is -0.695. The van der Waals surface area contributed by atoms with E-state index < -0.39 is 85.9 Å². The van der Waals surface area contributed by atoms with Crippen LogP contribution in [0.2, 0.25) is 0 Å². The molecule has 0 aliphatic carbocycles. The number of methoxy groups -OCH3 is 3. The molecule has 0 radical (unpaired) electrons. The second-order valence-corrected chi connectivity index (χ2v) is 7.89. The van der Waals surface area contributed by atoms with Gasteiger partial charge in [0, 0.05) is 42.1 Å². The number of hydrogen-bond donors (Lipinski definition) is 1. The van der Waals surface area contributed by atoms with Crippen LogP contribution in [0.5, 0.6) is 0 Å². The van der Waals surface area contributed by atoms with E-state index >= 15 is 0 Å². The lowest BCUT2D eigenvalue weighted by Gasteiger charge is -2.48. The third-order valence-corrected chi connectivity index (χ3v) is 5.47. The van der Waals surface area contributed by atoms with Gasteiger partial charge in [0.05, 0.1) is 12.7 Å². The van der Waals surface area contributed by atoms with Gasteiger partial charge in [-0.1, -0.05) is 0 Å². The normalized spacial score (nSPS) is 38.1. The molecular weight excluding hydrogens is 460 g/mol. The SMILES string of the molecule is COC1OC(CO)C(O[C@@H]2OC(C)[C@H](OC(C)=O)C(OC(C)=O)C2OC(C)=O)[C@H](OC)C1OC. The summed E-state index contributed by atoms with van der Waals surface area (Å²) < 4.78 is 50.2. The molecule has 0 aromatic rings. The third kappa shape index (κ3) is 6.62. The summed E-state index contributed by atoms with van der Waals surface area (Å²) in [6.07, 6.45) is -10.1. The molecule has 2 fully saturated rings. The van der Waals surface area contributed by atoms with Crippen LogP contribution in [0.25, 0.3) is 0 Å². The fourth-order valence-electron chi connectivity index (χ4n) is 4.13. The van der Waals surface area contributed by atoms with Gasteiger partial charge in [0.2, 0.25) is 0 Å². The molecule has 2 aliphatic rings. The number of hydrogen-bond acceptors (Lipinski definition) is 13. The molecule has 2 saturated heterocycles. The number of carbonyl (C=O) groups excluding carboxylic acids is 3. The minimum Gasteiger partial charge on any atom is -0.456 e. The van der Waals surface area contributed by atoms with E-state index in [1.54, 1.807) is 6.92 Å². The Morgan fingerprint density at radius 3 is 1.68 bits per heavy atom. The van der Waals surface area contributed by atoms with Crippen molar-refractivity contribution in [3.63, 3.8) is 0 Å². The van der Waals surface area contributed by atoms with Crippen molar-refractivity contribution in [2.75, 3.05) is 27.9 Å². The maximum atomic E-state index is 11.9. The summed E-state index contributed by atoms with van der Waals surface area (Å²) in [5, 5.41) is 9.94. The van der Waals surface area contributed by atoms with Gasteiger partial charge in [0.15, 0.2) is 30.9 Å². The lowest BCUT2D eigenvalue weighted by molar-refractivity contribution is -0.359. The molecule has 0 aromatic heterocycles. The minimum absolute atomic E-state index is 0.467. The fourth-order valence-corrected chi connectivity index (χ4v) is 4.13. The molecule has 2 aliphatic heterocycles. The number of carbonyl (C=O) groups is 3. The van der Waals surface area contributed by atoms with E-state index in [0.29, 0.717) is 0 Å². The molecule has 2 heterocycles. The van der Waals surface area contributed by atoms with Crippen LogP contribution in [-0.2, 0) is 57.0 Å². The van der Waals surface area contributed by atoms with Crippen LogP contribution in [0.15, 0.2) is 0 Å². The monoisotopic (exact) mass is 494 g/mol. The van der Waals surface area contributed by atoms with Gasteiger partial charge in [-0.15, -0.1) is 0 Å². The smallest absolute Gasteiger partial charge is 0.303 e. The molecule has 34 heavy (non-hydrogen) atoms. The maximum absolute atomic E-state index is 11.9. The lowest BCUT2D eigenvalue weighted by atomic mass is 9.96. The van der Waals surface area contributed by atoms with Gasteiger partial charge in [-0.25, -0.2) is 0 Å². The van der Waals surface area contributed by atoms with Crippen molar-refractivity contribution in [3.05, 3.63) is 0 Å². The van der Waals surface area contributed by atoms with E-state index in [4.69, 9.17) is 42.6 Å². The van der Waals surface area contributed by atoms with Crippen LogP contribution < -0.4 is 0 Å². The fraction of sp³-hybridized carbons (Fsp3) is 0.857. The average Bonchev–Trinajstić information content (AvgIpc) is 2.77. The quantitative estimate of drug-likeness (QED) is 0.318. The first kappa shape index (κ1) is 28.4. The van der Waals surface area contributed by atoms with Crippen molar-refractivity contribution in [1.29, 1.82) is 0 Å². The molecule has 10 atom stereocenters. The van der Waals surface area contributed by atoms with Gasteiger partial charge < -0.3 is 47.7 Å². The van der Waals surface area contributed by atoms with Crippen LogP contribution in [0.3, 0.4) is 0 Å². The van der Waals surface area contributed by atoms with E-state index in [9.17, 15) is 19.5 Å². The number of aliphatic hydroxyl groups is 1. The molecule has 0 amide bonds. The number of aliphatic hydroxyl groups excluding tert-OH is 1. The van der Waals surface area contributed by atoms with E-state index in [2.05, 4.69) is 0 Å². The highest BCUT2D eigenvalue weighted by Crippen LogP contribution is 2.34. The molecule has 196 valence electrons. The molecule has 7 unspecified atom stereocenters. The van der Waals surface area contributed by atoms with Crippen molar-refractivity contribution in [1.82, 2.24) is 0 Å². The Morgan fingerprint density at radius 1 is 0.676 bits per heavy atom. The van der Waals surface area contributed by atoms with Crippen LogP contribution >= 0.6 is 0 Å². The zero-order valence-corrected chi connectivity index (χ0v) is 20.3. The van der Waals surface area contributed by atoms with Crippen LogP contribution in [-0.4, -0.2) is 112 Å². The molecule has 0 spiro atoms. The molecule has 13 heteroatoms. The van der Waals surface area contributed by atoms with Gasteiger partial charge in [-0.05, 0) is 6.92 Å². The summed E-state index contributed by atoms with van der Waals surface area (Å²) in [6, 6.07) is 0. The minimum atomic E-state index is -1.32. The largest absolute Gasteiger partial charge is 0.456 e. The molecule has 0 aromatic carbocycles. The van der Waals surface area contributed by atoms with Crippen LogP contribution in [0.4, 0.5) is 0 Å². The summed E-state index contributed by atoms with van der Waals surface area (Å²) in [6.45, 7) is 4.62. The van der Waals surface area contributed by atoms with E-state index in [1.165, 1.54) is 28.3 Å². The first-order chi connectivity index (χ1) is 16.1. The second kappa shape index (κ2) is 12.7. The van der Waals surface area contributed by atoms with Gasteiger partial charge in [0.25, 0.3) is 0 Å². The topological polar surface area (TPSA) is 155 Å². The van der Waals surface area contributed by atoms with Gasteiger partial charge in [-0.2, -0.15) is 0 Å². The Balaban J connectivity index is 2.42. The molecule has 0 bridgehead atoms. The van der Waals surface area contributed by atoms with Gasteiger partial charge >= 0.3 is 17.9 Å². The van der Waals surface area contributed by atoms with Crippen molar-refractivity contribution >= 4 is 17.9 Å². The van der Waals surface area contributed by atoms with Crippen molar-refractivity contribution in [2.45, 2.75) is 89.1 Å². The highest BCUT2D eigenvalue weighted by molar-refractivity contribution is 5.68. The van der Waals surface area contributed by atoms with E-state index in [0.717, 1.165) is 13.8 Å². The Morgan fingerprint density at radius 2 is 1.21 bits per heavy atom. The number of esters is 3. The highest BCUT2D eigenvalue weighted by Gasteiger charge is 2.54. The summed E-state index contributed by atoms with van der Waals surface area (Å²) in [5.74, 6) is -2.06. The third-order valence-electron chi connectivity index (χ3n) is 5.47. The predicted molar refractivity (Wildman–Crippen MR) is 110 cm³/mol. The lowest BCUT2D eigenvalue weighted by Crippen LogP contribution is -2.66. The molecule has 1 N–H and O–H groups in total. The molecular formula is C21H34O13. The first-order valence-electron chi connectivity index (χ1n) is 10.7. The molecule has 2 rings (SSSR count). The molecule has 13 nitrogen and oxygen atoms in total. The van der Waals surface area contributed by atoms with Crippen LogP contribution in [0.1, 0.15) is 27.7 Å². The van der Waals surface area contributed by atoms with Crippen LogP contribution in [0, 0.1) is 0 Å². The molecule has 0 saturated carbocycles. The Bertz CT molecular complexity index is 700.